The van der Waals surface area contributed by atoms with Crippen LogP contribution in [0, 0.1) is 0 Å². The number of methoxy groups -OCH3 is 6. The first-order valence-corrected chi connectivity index (χ1v) is 11.4. The van der Waals surface area contributed by atoms with Crippen LogP contribution in [0.3, 0.4) is 0 Å². The lowest BCUT2D eigenvalue weighted by Gasteiger charge is -2.27. The van der Waals surface area contributed by atoms with Gasteiger partial charge in [-0.05, 0) is 38.5 Å². The van der Waals surface area contributed by atoms with Crippen molar-refractivity contribution >= 4 is 23.1 Å². The van der Waals surface area contributed by atoms with Gasteiger partial charge in [0.05, 0.1) is 12.1 Å². The SMILES string of the molecule is COC(OC)C(C)N=C(/C=C(\NC(C)C(OC)OC)c1ccc(Cl)cc1)NC(C)C(OC)OC. The minimum Gasteiger partial charge on any atom is -0.377 e. The van der Waals surface area contributed by atoms with Crippen molar-refractivity contribution in [1.82, 2.24) is 10.6 Å². The van der Waals surface area contributed by atoms with E-state index in [1.165, 1.54) is 0 Å². The van der Waals surface area contributed by atoms with Crippen molar-refractivity contribution in [1.29, 1.82) is 0 Å². The summed E-state index contributed by atoms with van der Waals surface area (Å²) in [5.74, 6) is 0.578. The predicted molar refractivity (Wildman–Crippen MR) is 135 cm³/mol. The number of amidine groups is 1. The summed E-state index contributed by atoms with van der Waals surface area (Å²) >= 11 is 6.12. The summed E-state index contributed by atoms with van der Waals surface area (Å²) in [6, 6.07) is 6.81. The molecule has 0 aromatic heterocycles. The summed E-state index contributed by atoms with van der Waals surface area (Å²) in [5, 5.41) is 7.49. The minimum absolute atomic E-state index is 0.176. The molecule has 0 aliphatic carbocycles. The fraction of sp³-hybridized carbons (Fsp3) is 0.625. The van der Waals surface area contributed by atoms with Crippen LogP contribution >= 0.6 is 11.6 Å². The van der Waals surface area contributed by atoms with Gasteiger partial charge >= 0.3 is 0 Å². The zero-order valence-electron chi connectivity index (χ0n) is 21.6. The van der Waals surface area contributed by atoms with Crippen molar-refractivity contribution < 1.29 is 28.4 Å². The Balaban J connectivity index is 3.49. The molecule has 1 aromatic carbocycles. The van der Waals surface area contributed by atoms with Gasteiger partial charge in [0.2, 0.25) is 0 Å². The molecule has 0 aliphatic heterocycles. The Labute approximate surface area is 208 Å². The average Bonchev–Trinajstić information content (AvgIpc) is 2.81. The molecular weight excluding hydrogens is 462 g/mol. The van der Waals surface area contributed by atoms with E-state index < -0.39 is 18.9 Å². The van der Waals surface area contributed by atoms with Gasteiger partial charge in [-0.3, -0.25) is 4.99 Å². The van der Waals surface area contributed by atoms with E-state index in [4.69, 9.17) is 45.0 Å². The van der Waals surface area contributed by atoms with E-state index in [9.17, 15) is 0 Å². The summed E-state index contributed by atoms with van der Waals surface area (Å²) in [7, 11) is 9.53. The highest BCUT2D eigenvalue weighted by Gasteiger charge is 2.22. The highest BCUT2D eigenvalue weighted by atomic mass is 35.5. The van der Waals surface area contributed by atoms with Crippen LogP contribution in [0.15, 0.2) is 35.3 Å². The molecule has 3 unspecified atom stereocenters. The van der Waals surface area contributed by atoms with Crippen molar-refractivity contribution in [3.63, 3.8) is 0 Å². The molecule has 0 heterocycles. The Morgan fingerprint density at radius 2 is 1.18 bits per heavy atom. The highest BCUT2D eigenvalue weighted by molar-refractivity contribution is 6.30. The fourth-order valence-electron chi connectivity index (χ4n) is 3.48. The van der Waals surface area contributed by atoms with E-state index >= 15 is 0 Å². The quantitative estimate of drug-likeness (QED) is 0.215. The number of hydrogen-bond donors (Lipinski definition) is 2. The number of nitrogens with zero attached hydrogens (tertiary/aromatic N) is 1. The van der Waals surface area contributed by atoms with Gasteiger partial charge in [-0.1, -0.05) is 23.7 Å². The molecule has 3 atom stereocenters. The van der Waals surface area contributed by atoms with Crippen LogP contribution in [0.5, 0.6) is 0 Å². The van der Waals surface area contributed by atoms with Crippen LogP contribution in [0.2, 0.25) is 5.02 Å². The summed E-state index contributed by atoms with van der Waals surface area (Å²) in [5.41, 5.74) is 1.69. The summed E-state index contributed by atoms with van der Waals surface area (Å²) < 4.78 is 32.5. The predicted octanol–water partition coefficient (Wildman–Crippen LogP) is 3.28. The molecule has 1 aromatic rings. The molecule has 0 aliphatic rings. The Morgan fingerprint density at radius 3 is 1.62 bits per heavy atom. The van der Waals surface area contributed by atoms with Crippen molar-refractivity contribution in [3.05, 3.63) is 40.9 Å². The van der Waals surface area contributed by atoms with Crippen LogP contribution in [0.25, 0.3) is 5.70 Å². The molecule has 34 heavy (non-hydrogen) atoms. The maximum Gasteiger partial charge on any atom is 0.178 e. The molecule has 0 bridgehead atoms. The lowest BCUT2D eigenvalue weighted by atomic mass is 10.1. The zero-order valence-corrected chi connectivity index (χ0v) is 22.4. The normalized spacial score (nSPS) is 15.7. The highest BCUT2D eigenvalue weighted by Crippen LogP contribution is 2.18. The molecule has 0 amide bonds. The molecule has 9 nitrogen and oxygen atoms in total. The summed E-state index contributed by atoms with van der Waals surface area (Å²) in [6.45, 7) is 5.82. The minimum atomic E-state index is -0.515. The number of aliphatic imine (C=N–C) groups is 1. The van der Waals surface area contributed by atoms with Crippen LogP contribution in [0.4, 0.5) is 0 Å². The molecule has 10 heteroatoms. The van der Waals surface area contributed by atoms with Crippen LogP contribution in [-0.2, 0) is 28.4 Å². The van der Waals surface area contributed by atoms with E-state index in [-0.39, 0.29) is 18.1 Å². The monoisotopic (exact) mass is 501 g/mol. The molecule has 0 saturated carbocycles. The van der Waals surface area contributed by atoms with Gasteiger partial charge in [-0.25, -0.2) is 0 Å². The molecule has 0 saturated heterocycles. The molecule has 0 fully saturated rings. The molecule has 0 spiro atoms. The Hall–Kier alpha value is -1.72. The summed E-state index contributed by atoms with van der Waals surface area (Å²) in [6.07, 6.45) is 0.449. The maximum absolute atomic E-state index is 6.12. The summed E-state index contributed by atoms with van der Waals surface area (Å²) in [4.78, 5) is 4.82. The van der Waals surface area contributed by atoms with E-state index in [2.05, 4.69) is 10.6 Å². The van der Waals surface area contributed by atoms with Gasteiger partial charge in [-0.2, -0.15) is 0 Å². The first-order chi connectivity index (χ1) is 16.2. The molecular formula is C24H40ClN3O6. The second-order valence-corrected chi connectivity index (χ2v) is 8.14. The van der Waals surface area contributed by atoms with Crippen LogP contribution in [0.1, 0.15) is 26.3 Å². The zero-order chi connectivity index (χ0) is 25.7. The fourth-order valence-corrected chi connectivity index (χ4v) is 3.61. The first kappa shape index (κ1) is 30.3. The van der Waals surface area contributed by atoms with Crippen molar-refractivity contribution in [2.45, 2.75) is 57.8 Å². The molecule has 0 radical (unpaired) electrons. The second kappa shape index (κ2) is 16.0. The van der Waals surface area contributed by atoms with Gasteiger partial charge in [-0.15, -0.1) is 0 Å². The molecule has 2 N–H and O–H groups in total. The van der Waals surface area contributed by atoms with Gasteiger partial charge in [0.25, 0.3) is 0 Å². The Morgan fingerprint density at radius 1 is 0.735 bits per heavy atom. The number of hydrogen-bond acceptors (Lipinski definition) is 8. The van der Waals surface area contributed by atoms with Gasteiger partial charge in [0.1, 0.15) is 11.9 Å². The molecule has 194 valence electrons. The van der Waals surface area contributed by atoms with Crippen molar-refractivity contribution in [2.24, 2.45) is 4.99 Å². The van der Waals surface area contributed by atoms with Crippen LogP contribution < -0.4 is 10.6 Å². The number of ether oxygens (including phenoxy) is 6. The lowest BCUT2D eigenvalue weighted by molar-refractivity contribution is -0.116. The first-order valence-electron chi connectivity index (χ1n) is 11.0. The van der Waals surface area contributed by atoms with Gasteiger partial charge in [0.15, 0.2) is 18.9 Å². The third-order valence-electron chi connectivity index (χ3n) is 5.14. The van der Waals surface area contributed by atoms with Gasteiger partial charge < -0.3 is 39.1 Å². The lowest BCUT2D eigenvalue weighted by Crippen LogP contribution is -2.44. The van der Waals surface area contributed by atoms with Crippen molar-refractivity contribution in [2.75, 3.05) is 42.7 Å². The van der Waals surface area contributed by atoms with E-state index in [1.807, 2.05) is 51.1 Å². The standard InChI is InChI=1S/C24H40ClN3O6/c1-15(22(29-4)30-5)26-20(18-10-12-19(25)13-11-18)14-21(27-16(2)23(31-6)32-7)28-17(3)24(33-8)34-9/h10-17,22-24,26H,1-9H3,(H,27,28)/b20-14-. The third kappa shape index (κ3) is 9.50. The Bertz CT molecular complexity index is 750. The van der Waals surface area contributed by atoms with E-state index in [1.54, 1.807) is 42.7 Å². The smallest absolute Gasteiger partial charge is 0.178 e. The van der Waals surface area contributed by atoms with Crippen LogP contribution in [-0.4, -0.2) is 85.5 Å². The third-order valence-corrected chi connectivity index (χ3v) is 5.39. The van der Waals surface area contributed by atoms with Crippen molar-refractivity contribution in [3.8, 4) is 0 Å². The number of nitrogens with one attached hydrogen (secondary N) is 2. The van der Waals surface area contributed by atoms with E-state index in [0.29, 0.717) is 10.9 Å². The van der Waals surface area contributed by atoms with E-state index in [0.717, 1.165) is 11.3 Å². The molecule has 1 rings (SSSR count). The Kier molecular flexibility index (Phi) is 14.3. The topological polar surface area (TPSA) is 91.8 Å². The van der Waals surface area contributed by atoms with Gasteiger partial charge in [0, 0.05) is 59.5 Å². The largest absolute Gasteiger partial charge is 0.377 e. The second-order valence-electron chi connectivity index (χ2n) is 7.71. The maximum atomic E-state index is 6.12. The number of halogens is 1. The average molecular weight is 502 g/mol. The number of rotatable bonds is 15. The number of benzene rings is 1.